The molecular formula is C15H19Br2NO3. The van der Waals surface area contributed by atoms with Gasteiger partial charge in [0, 0.05) is 13.1 Å². The van der Waals surface area contributed by atoms with E-state index in [4.69, 9.17) is 4.74 Å². The Morgan fingerprint density at radius 2 is 2.05 bits per heavy atom. The molecule has 0 N–H and O–H groups in total. The predicted molar refractivity (Wildman–Crippen MR) is 90.0 cm³/mol. The van der Waals surface area contributed by atoms with Crippen LogP contribution in [-0.2, 0) is 20.9 Å². The number of nitrogens with zero attached hydrogens (tertiary/aromatic N) is 1. The summed E-state index contributed by atoms with van der Waals surface area (Å²) in [6.45, 7) is 3.69. The smallest absolute Gasteiger partial charge is 0.330 e. The highest BCUT2D eigenvalue weighted by atomic mass is 79.9. The highest BCUT2D eigenvalue weighted by Crippen LogP contribution is 2.30. The van der Waals surface area contributed by atoms with Gasteiger partial charge < -0.3 is 4.74 Å². The zero-order valence-corrected chi connectivity index (χ0v) is 15.2. The number of ketones is 1. The van der Waals surface area contributed by atoms with E-state index in [0.29, 0.717) is 13.0 Å². The monoisotopic (exact) mass is 419 g/mol. The Balaban J connectivity index is 0.00000220. The van der Waals surface area contributed by atoms with Gasteiger partial charge >= 0.3 is 5.97 Å². The second-order valence-corrected chi connectivity index (χ2v) is 6.24. The number of Topliss-reactive ketones (excluding diaryl/α,β-unsaturated/α-hetero) is 1. The number of carbonyl (C=O) groups is 2. The molecule has 0 saturated carbocycles. The Hall–Kier alpha value is -0.720. The summed E-state index contributed by atoms with van der Waals surface area (Å²) in [5, 5.41) is 0. The molecule has 1 aliphatic rings. The van der Waals surface area contributed by atoms with Crippen LogP contribution in [-0.4, -0.2) is 40.7 Å². The summed E-state index contributed by atoms with van der Waals surface area (Å²) in [5.41, 5.74) is 1.17. The first-order chi connectivity index (χ1) is 9.56. The third kappa shape index (κ3) is 4.37. The first kappa shape index (κ1) is 18.3. The molecule has 1 fully saturated rings. The number of esters is 1. The van der Waals surface area contributed by atoms with E-state index in [-0.39, 0.29) is 35.9 Å². The molecule has 4 nitrogen and oxygen atoms in total. The number of ether oxygens (including phenoxy) is 1. The lowest BCUT2D eigenvalue weighted by Crippen LogP contribution is -2.53. The van der Waals surface area contributed by atoms with Gasteiger partial charge in [-0.1, -0.05) is 46.3 Å². The summed E-state index contributed by atoms with van der Waals surface area (Å²) >= 11 is 3.29. The fraction of sp³-hybridized carbons (Fsp3) is 0.467. The second kappa shape index (κ2) is 8.06. The SMILES string of the molecule is Br.CCOC(=O)C1(Br)CCN(Cc2ccccc2)CC1=O. The van der Waals surface area contributed by atoms with Crippen molar-refractivity contribution in [3.05, 3.63) is 35.9 Å². The highest BCUT2D eigenvalue weighted by molar-refractivity contribution is 9.10. The molecule has 1 aromatic rings. The number of rotatable bonds is 4. The highest BCUT2D eigenvalue weighted by Gasteiger charge is 2.47. The van der Waals surface area contributed by atoms with Crippen LogP contribution in [0.3, 0.4) is 0 Å². The molecule has 0 aromatic heterocycles. The molecule has 1 saturated heterocycles. The van der Waals surface area contributed by atoms with Gasteiger partial charge in [0.25, 0.3) is 0 Å². The average molecular weight is 421 g/mol. The number of carbonyl (C=O) groups excluding carboxylic acids is 2. The Kier molecular flexibility index (Phi) is 7.03. The van der Waals surface area contributed by atoms with Crippen LogP contribution in [0.2, 0.25) is 0 Å². The number of hydrogen-bond acceptors (Lipinski definition) is 4. The first-order valence-electron chi connectivity index (χ1n) is 6.72. The minimum Gasteiger partial charge on any atom is -0.465 e. The Morgan fingerprint density at radius 3 is 2.62 bits per heavy atom. The van der Waals surface area contributed by atoms with Gasteiger partial charge in [-0.2, -0.15) is 0 Å². The first-order valence-corrected chi connectivity index (χ1v) is 7.51. The van der Waals surface area contributed by atoms with E-state index in [1.165, 1.54) is 5.56 Å². The molecular weight excluding hydrogens is 402 g/mol. The van der Waals surface area contributed by atoms with Crippen molar-refractivity contribution in [1.82, 2.24) is 4.90 Å². The number of hydrogen-bond donors (Lipinski definition) is 0. The van der Waals surface area contributed by atoms with Crippen molar-refractivity contribution in [1.29, 1.82) is 0 Å². The van der Waals surface area contributed by atoms with Crippen LogP contribution in [0.1, 0.15) is 18.9 Å². The van der Waals surface area contributed by atoms with Crippen molar-refractivity contribution in [2.24, 2.45) is 0 Å². The maximum Gasteiger partial charge on any atom is 0.330 e. The third-order valence-corrected chi connectivity index (χ3v) is 4.59. The molecule has 116 valence electrons. The molecule has 1 aromatic carbocycles. The van der Waals surface area contributed by atoms with E-state index >= 15 is 0 Å². The van der Waals surface area contributed by atoms with Crippen LogP contribution < -0.4 is 0 Å². The summed E-state index contributed by atoms with van der Waals surface area (Å²) in [4.78, 5) is 26.2. The van der Waals surface area contributed by atoms with Crippen LogP contribution in [0.25, 0.3) is 0 Å². The maximum atomic E-state index is 12.2. The van der Waals surface area contributed by atoms with Crippen LogP contribution in [0, 0.1) is 0 Å². The van der Waals surface area contributed by atoms with Crippen LogP contribution >= 0.6 is 32.9 Å². The van der Waals surface area contributed by atoms with Crippen LogP contribution in [0.15, 0.2) is 30.3 Å². The lowest BCUT2D eigenvalue weighted by molar-refractivity contribution is -0.150. The van der Waals surface area contributed by atoms with Crippen LogP contribution in [0.5, 0.6) is 0 Å². The van der Waals surface area contributed by atoms with Crippen molar-refractivity contribution in [2.45, 2.75) is 24.2 Å². The molecule has 1 heterocycles. The molecule has 0 bridgehead atoms. The molecule has 2 rings (SSSR count). The van der Waals surface area contributed by atoms with E-state index in [1.807, 2.05) is 30.3 Å². The summed E-state index contributed by atoms with van der Waals surface area (Å²) in [6.07, 6.45) is 0.442. The van der Waals surface area contributed by atoms with Gasteiger partial charge in [0.05, 0.1) is 13.2 Å². The average Bonchev–Trinajstić information content (AvgIpc) is 2.44. The van der Waals surface area contributed by atoms with Gasteiger partial charge in [0.15, 0.2) is 10.1 Å². The Bertz CT molecular complexity index is 495. The summed E-state index contributed by atoms with van der Waals surface area (Å²) in [7, 11) is 0. The topological polar surface area (TPSA) is 46.6 Å². The van der Waals surface area contributed by atoms with Crippen molar-refractivity contribution < 1.29 is 14.3 Å². The van der Waals surface area contributed by atoms with Gasteiger partial charge in [-0.15, -0.1) is 17.0 Å². The third-order valence-electron chi connectivity index (χ3n) is 3.43. The largest absolute Gasteiger partial charge is 0.465 e. The fourth-order valence-electron chi connectivity index (χ4n) is 2.30. The fourth-order valence-corrected chi connectivity index (χ4v) is 2.71. The van der Waals surface area contributed by atoms with E-state index in [9.17, 15) is 9.59 Å². The zero-order chi connectivity index (χ0) is 14.6. The van der Waals surface area contributed by atoms with Crippen molar-refractivity contribution in [3.8, 4) is 0 Å². The van der Waals surface area contributed by atoms with E-state index in [0.717, 1.165) is 6.54 Å². The standard InChI is InChI=1S/C15H18BrNO3.BrH/c1-2-20-14(19)15(16)8-9-17(11-13(15)18)10-12-6-4-3-5-7-12;/h3-7H,2,8-11H2,1H3;1H. The molecule has 1 unspecified atom stereocenters. The molecule has 1 atom stereocenters. The lowest BCUT2D eigenvalue weighted by Gasteiger charge is -2.34. The van der Waals surface area contributed by atoms with Gasteiger partial charge in [0.2, 0.25) is 0 Å². The van der Waals surface area contributed by atoms with Gasteiger partial charge in [-0.25, -0.2) is 0 Å². The number of halogens is 2. The van der Waals surface area contributed by atoms with Crippen LogP contribution in [0.4, 0.5) is 0 Å². The van der Waals surface area contributed by atoms with Gasteiger partial charge in [-0.05, 0) is 18.9 Å². The van der Waals surface area contributed by atoms with Crippen molar-refractivity contribution in [2.75, 3.05) is 19.7 Å². The van der Waals surface area contributed by atoms with Crippen molar-refractivity contribution >= 4 is 44.7 Å². The van der Waals surface area contributed by atoms with Gasteiger partial charge in [-0.3, -0.25) is 14.5 Å². The maximum absolute atomic E-state index is 12.2. The quantitative estimate of drug-likeness (QED) is 0.426. The molecule has 6 heteroatoms. The Morgan fingerprint density at radius 1 is 1.38 bits per heavy atom. The van der Waals surface area contributed by atoms with E-state index < -0.39 is 10.3 Å². The van der Waals surface area contributed by atoms with Crippen molar-refractivity contribution in [3.63, 3.8) is 0 Å². The number of benzene rings is 1. The summed E-state index contributed by atoms with van der Waals surface area (Å²) in [6, 6.07) is 10.00. The predicted octanol–water partition coefficient (Wildman–Crippen LogP) is 2.74. The molecule has 0 spiro atoms. The summed E-state index contributed by atoms with van der Waals surface area (Å²) in [5.74, 6) is -0.595. The second-order valence-electron chi connectivity index (χ2n) is 4.89. The molecule has 0 amide bonds. The lowest BCUT2D eigenvalue weighted by atomic mass is 9.95. The molecule has 1 aliphatic heterocycles. The normalized spacial score (nSPS) is 22.5. The Labute approximate surface area is 143 Å². The molecule has 0 aliphatic carbocycles. The minimum absolute atomic E-state index is 0. The number of alkyl halides is 1. The molecule has 21 heavy (non-hydrogen) atoms. The number of likely N-dealkylation sites (tertiary alicyclic amines) is 1. The molecule has 0 radical (unpaired) electrons. The van der Waals surface area contributed by atoms with E-state index in [2.05, 4.69) is 20.8 Å². The zero-order valence-electron chi connectivity index (χ0n) is 11.9. The van der Waals surface area contributed by atoms with Gasteiger partial charge in [0.1, 0.15) is 0 Å². The minimum atomic E-state index is -1.16. The summed E-state index contributed by atoms with van der Waals surface area (Å²) < 4.78 is 3.83. The van der Waals surface area contributed by atoms with E-state index in [1.54, 1.807) is 6.92 Å². The number of piperidine rings is 1.